The quantitative estimate of drug-likeness (QED) is 0.672. The van der Waals surface area contributed by atoms with E-state index in [2.05, 4.69) is 41.8 Å². The van der Waals surface area contributed by atoms with E-state index in [1.165, 1.54) is 0 Å². The third kappa shape index (κ3) is 5.86. The molecule has 8 nitrogen and oxygen atoms in total. The SMILES string of the molecule is CC(C)(C)OC(=O)NCCNC(=O)Nc1ccc2nccnc2c1Br. The van der Waals surface area contributed by atoms with Gasteiger partial charge in [0, 0.05) is 25.5 Å². The van der Waals surface area contributed by atoms with Gasteiger partial charge in [0.2, 0.25) is 0 Å². The fraction of sp³-hybridized carbons (Fsp3) is 0.375. The number of halogens is 1. The summed E-state index contributed by atoms with van der Waals surface area (Å²) in [4.78, 5) is 31.9. The predicted molar refractivity (Wildman–Crippen MR) is 98.5 cm³/mol. The Morgan fingerprint density at radius 2 is 1.80 bits per heavy atom. The lowest BCUT2D eigenvalue weighted by atomic mass is 10.2. The Kier molecular flexibility index (Phi) is 6.13. The first-order chi connectivity index (χ1) is 11.8. The molecule has 3 amide bonds. The molecular formula is C16H20BrN5O3. The summed E-state index contributed by atoms with van der Waals surface area (Å²) in [6, 6.07) is 3.11. The van der Waals surface area contributed by atoms with Gasteiger partial charge in [0.25, 0.3) is 0 Å². The Balaban J connectivity index is 1.81. The average molecular weight is 410 g/mol. The molecular weight excluding hydrogens is 390 g/mol. The lowest BCUT2D eigenvalue weighted by Gasteiger charge is -2.19. The van der Waals surface area contributed by atoms with Gasteiger partial charge < -0.3 is 20.7 Å². The van der Waals surface area contributed by atoms with E-state index in [-0.39, 0.29) is 13.1 Å². The highest BCUT2D eigenvalue weighted by Crippen LogP contribution is 2.28. The van der Waals surface area contributed by atoms with Crippen molar-refractivity contribution in [1.82, 2.24) is 20.6 Å². The minimum atomic E-state index is -0.555. The Hall–Kier alpha value is -2.42. The zero-order valence-electron chi connectivity index (χ0n) is 14.2. The van der Waals surface area contributed by atoms with Gasteiger partial charge in [-0.2, -0.15) is 0 Å². The maximum atomic E-state index is 12.0. The lowest BCUT2D eigenvalue weighted by Crippen LogP contribution is -2.39. The van der Waals surface area contributed by atoms with E-state index in [4.69, 9.17) is 4.74 Å². The van der Waals surface area contributed by atoms with E-state index in [1.54, 1.807) is 45.3 Å². The van der Waals surface area contributed by atoms with E-state index in [0.29, 0.717) is 15.7 Å². The Labute approximate surface area is 153 Å². The molecule has 0 saturated carbocycles. The van der Waals surface area contributed by atoms with Crippen LogP contribution in [0.1, 0.15) is 20.8 Å². The van der Waals surface area contributed by atoms with Crippen LogP contribution in [0.2, 0.25) is 0 Å². The van der Waals surface area contributed by atoms with Gasteiger partial charge in [0.05, 0.1) is 15.7 Å². The molecule has 9 heteroatoms. The molecule has 1 aromatic carbocycles. The minimum Gasteiger partial charge on any atom is -0.444 e. The zero-order chi connectivity index (χ0) is 18.4. The van der Waals surface area contributed by atoms with E-state index in [0.717, 1.165) is 5.52 Å². The Morgan fingerprint density at radius 1 is 1.12 bits per heavy atom. The van der Waals surface area contributed by atoms with Gasteiger partial charge in [-0.25, -0.2) is 9.59 Å². The smallest absolute Gasteiger partial charge is 0.407 e. The fourth-order valence-electron chi connectivity index (χ4n) is 1.92. The second-order valence-electron chi connectivity index (χ2n) is 6.16. The Bertz CT molecular complexity index is 776. The standard InChI is InChI=1S/C16H20BrN5O3/c1-16(2,3)25-15(24)21-9-8-20-14(23)22-10-4-5-11-13(12(10)17)19-7-6-18-11/h4-7H,8-9H2,1-3H3,(H,21,24)(H2,20,22,23). The average Bonchev–Trinajstić information content (AvgIpc) is 2.53. The number of nitrogens with zero attached hydrogens (tertiary/aromatic N) is 2. The summed E-state index contributed by atoms with van der Waals surface area (Å²) in [7, 11) is 0. The molecule has 1 heterocycles. The third-order valence-electron chi connectivity index (χ3n) is 2.91. The minimum absolute atomic E-state index is 0.257. The Morgan fingerprint density at radius 3 is 2.52 bits per heavy atom. The lowest BCUT2D eigenvalue weighted by molar-refractivity contribution is 0.0528. The van der Waals surface area contributed by atoms with Crippen molar-refractivity contribution in [2.45, 2.75) is 26.4 Å². The number of carbonyl (C=O) groups excluding carboxylic acids is 2. The molecule has 2 aromatic rings. The van der Waals surface area contributed by atoms with Crippen molar-refractivity contribution in [2.24, 2.45) is 0 Å². The number of amides is 3. The molecule has 0 atom stereocenters. The van der Waals surface area contributed by atoms with Crippen LogP contribution in [0, 0.1) is 0 Å². The predicted octanol–water partition coefficient (Wildman–Crippen LogP) is 3.04. The fourth-order valence-corrected chi connectivity index (χ4v) is 2.46. The summed E-state index contributed by atoms with van der Waals surface area (Å²) in [5.74, 6) is 0. The summed E-state index contributed by atoms with van der Waals surface area (Å²) in [5.41, 5.74) is 1.40. The number of carbonyl (C=O) groups is 2. The molecule has 2 rings (SSSR count). The van der Waals surface area contributed by atoms with Crippen molar-refractivity contribution in [3.8, 4) is 0 Å². The van der Waals surface area contributed by atoms with E-state index in [1.807, 2.05) is 0 Å². The van der Waals surface area contributed by atoms with Crippen LogP contribution in [-0.2, 0) is 4.74 Å². The molecule has 0 aliphatic heterocycles. The first-order valence-corrected chi connectivity index (χ1v) is 8.46. The number of fused-ring (bicyclic) bond motifs is 1. The molecule has 0 radical (unpaired) electrons. The van der Waals surface area contributed by atoms with Crippen LogP contribution < -0.4 is 16.0 Å². The first-order valence-electron chi connectivity index (χ1n) is 7.67. The normalized spacial score (nSPS) is 11.0. The maximum absolute atomic E-state index is 12.0. The molecule has 0 aliphatic rings. The summed E-state index contributed by atoms with van der Waals surface area (Å²) in [6.07, 6.45) is 2.66. The largest absolute Gasteiger partial charge is 0.444 e. The van der Waals surface area contributed by atoms with Crippen LogP contribution in [0.3, 0.4) is 0 Å². The van der Waals surface area contributed by atoms with Crippen molar-refractivity contribution in [1.29, 1.82) is 0 Å². The monoisotopic (exact) mass is 409 g/mol. The summed E-state index contributed by atoms with van der Waals surface area (Å²) in [5, 5.41) is 7.93. The number of hydrogen-bond donors (Lipinski definition) is 3. The number of hydrogen-bond acceptors (Lipinski definition) is 5. The van der Waals surface area contributed by atoms with Crippen molar-refractivity contribution in [3.63, 3.8) is 0 Å². The third-order valence-corrected chi connectivity index (χ3v) is 3.71. The molecule has 0 unspecified atom stereocenters. The van der Waals surface area contributed by atoms with E-state index in [9.17, 15) is 9.59 Å². The van der Waals surface area contributed by atoms with Crippen LogP contribution in [0.5, 0.6) is 0 Å². The number of aromatic nitrogens is 2. The second kappa shape index (κ2) is 8.11. The number of benzene rings is 1. The topological polar surface area (TPSA) is 105 Å². The summed E-state index contributed by atoms with van der Waals surface area (Å²) in [6.45, 7) is 5.86. The van der Waals surface area contributed by atoms with Crippen LogP contribution in [-0.4, -0.2) is 40.8 Å². The molecule has 0 spiro atoms. The molecule has 25 heavy (non-hydrogen) atoms. The van der Waals surface area contributed by atoms with Gasteiger partial charge in [-0.3, -0.25) is 9.97 Å². The highest BCUT2D eigenvalue weighted by atomic mass is 79.9. The highest BCUT2D eigenvalue weighted by molar-refractivity contribution is 9.10. The zero-order valence-corrected chi connectivity index (χ0v) is 15.8. The van der Waals surface area contributed by atoms with Crippen LogP contribution in [0.4, 0.5) is 15.3 Å². The number of rotatable bonds is 4. The molecule has 3 N–H and O–H groups in total. The molecule has 0 saturated heterocycles. The molecule has 0 aliphatic carbocycles. The first kappa shape index (κ1) is 18.9. The van der Waals surface area contributed by atoms with Gasteiger partial charge in [-0.1, -0.05) is 0 Å². The highest BCUT2D eigenvalue weighted by Gasteiger charge is 2.15. The van der Waals surface area contributed by atoms with Gasteiger partial charge in [-0.05, 0) is 48.8 Å². The summed E-state index contributed by atoms with van der Waals surface area (Å²) >= 11 is 3.42. The van der Waals surface area contributed by atoms with Gasteiger partial charge in [0.15, 0.2) is 0 Å². The van der Waals surface area contributed by atoms with Crippen molar-refractivity contribution < 1.29 is 14.3 Å². The maximum Gasteiger partial charge on any atom is 0.407 e. The number of nitrogens with one attached hydrogen (secondary N) is 3. The van der Waals surface area contributed by atoms with Crippen molar-refractivity contribution in [3.05, 3.63) is 29.0 Å². The number of ether oxygens (including phenoxy) is 1. The van der Waals surface area contributed by atoms with Crippen LogP contribution in [0.15, 0.2) is 29.0 Å². The number of anilines is 1. The van der Waals surface area contributed by atoms with E-state index >= 15 is 0 Å². The summed E-state index contributed by atoms with van der Waals surface area (Å²) < 4.78 is 5.75. The van der Waals surface area contributed by atoms with Crippen molar-refractivity contribution >= 4 is 44.8 Å². The van der Waals surface area contributed by atoms with Gasteiger partial charge in [0.1, 0.15) is 11.1 Å². The molecule has 0 bridgehead atoms. The van der Waals surface area contributed by atoms with Crippen LogP contribution in [0.25, 0.3) is 11.0 Å². The van der Waals surface area contributed by atoms with Gasteiger partial charge in [-0.15, -0.1) is 0 Å². The number of alkyl carbamates (subject to hydrolysis) is 1. The van der Waals surface area contributed by atoms with Crippen LogP contribution >= 0.6 is 15.9 Å². The molecule has 134 valence electrons. The number of urea groups is 1. The van der Waals surface area contributed by atoms with E-state index < -0.39 is 17.7 Å². The van der Waals surface area contributed by atoms with Gasteiger partial charge >= 0.3 is 12.1 Å². The second-order valence-corrected chi connectivity index (χ2v) is 6.95. The van der Waals surface area contributed by atoms with Crippen molar-refractivity contribution in [2.75, 3.05) is 18.4 Å². The molecule has 1 aromatic heterocycles. The molecule has 0 fully saturated rings.